The highest BCUT2D eigenvalue weighted by atomic mass is 16.5. The molecule has 6 heteroatoms. The first-order valence-electron chi connectivity index (χ1n) is 6.48. The van der Waals surface area contributed by atoms with Gasteiger partial charge in [0, 0.05) is 17.8 Å². The van der Waals surface area contributed by atoms with Gasteiger partial charge in [-0.25, -0.2) is 0 Å². The lowest BCUT2D eigenvalue weighted by atomic mass is 10.1. The van der Waals surface area contributed by atoms with Crippen LogP contribution in [0.1, 0.15) is 5.56 Å². The first-order valence-corrected chi connectivity index (χ1v) is 6.48. The van der Waals surface area contributed by atoms with Gasteiger partial charge in [-0.15, -0.1) is 0 Å². The molecule has 0 fully saturated rings. The molecule has 0 bridgehead atoms. The lowest BCUT2D eigenvalue weighted by Gasteiger charge is -2.14. The van der Waals surface area contributed by atoms with E-state index < -0.39 is 0 Å². The molecule has 0 spiro atoms. The molecular formula is C15H18N2O4. The van der Waals surface area contributed by atoms with Crippen LogP contribution >= 0.6 is 0 Å². The number of hydrogen-bond donors (Lipinski definition) is 5. The lowest BCUT2D eigenvalue weighted by molar-refractivity contribution is 0.202. The molecule has 0 aliphatic rings. The fourth-order valence-electron chi connectivity index (χ4n) is 1.87. The van der Waals surface area contributed by atoms with Gasteiger partial charge in [-0.3, -0.25) is 0 Å². The standard InChI is InChI=1S/C15H18N2O4/c16-11-1-4-15(21-6-5-18)13(8-11)17-9-10-7-12(19)2-3-14(10)20/h1-4,7-8,17-20H,5-6,9,16H2. The van der Waals surface area contributed by atoms with E-state index in [9.17, 15) is 10.2 Å². The molecule has 0 aliphatic heterocycles. The molecule has 0 heterocycles. The van der Waals surface area contributed by atoms with Crippen molar-refractivity contribution in [3.63, 3.8) is 0 Å². The zero-order chi connectivity index (χ0) is 15.2. The first-order chi connectivity index (χ1) is 10.1. The molecule has 0 atom stereocenters. The zero-order valence-corrected chi connectivity index (χ0v) is 11.4. The molecule has 0 aliphatic carbocycles. The average molecular weight is 290 g/mol. The van der Waals surface area contributed by atoms with E-state index in [1.807, 2.05) is 0 Å². The van der Waals surface area contributed by atoms with Gasteiger partial charge in [-0.05, 0) is 36.4 Å². The monoisotopic (exact) mass is 290 g/mol. The molecule has 0 saturated carbocycles. The molecule has 0 radical (unpaired) electrons. The Bertz CT molecular complexity index is 617. The largest absolute Gasteiger partial charge is 0.508 e. The maximum absolute atomic E-state index is 9.74. The molecule has 112 valence electrons. The van der Waals surface area contributed by atoms with Gasteiger partial charge in [0.05, 0.1) is 12.3 Å². The number of aliphatic hydroxyl groups is 1. The van der Waals surface area contributed by atoms with Gasteiger partial charge < -0.3 is 31.1 Å². The van der Waals surface area contributed by atoms with Crippen molar-refractivity contribution >= 4 is 11.4 Å². The zero-order valence-electron chi connectivity index (χ0n) is 11.4. The van der Waals surface area contributed by atoms with Gasteiger partial charge in [0.25, 0.3) is 0 Å². The summed E-state index contributed by atoms with van der Waals surface area (Å²) in [6.07, 6.45) is 0. The number of benzene rings is 2. The van der Waals surface area contributed by atoms with Crippen LogP contribution in [0.5, 0.6) is 17.2 Å². The Hall–Kier alpha value is -2.60. The number of phenolic OH excluding ortho intramolecular Hbond substituents is 2. The fraction of sp³-hybridized carbons (Fsp3) is 0.200. The van der Waals surface area contributed by atoms with Crippen LogP contribution in [0.4, 0.5) is 11.4 Å². The number of hydrogen-bond acceptors (Lipinski definition) is 6. The number of aromatic hydroxyl groups is 2. The van der Waals surface area contributed by atoms with Crippen molar-refractivity contribution in [1.82, 2.24) is 0 Å². The van der Waals surface area contributed by atoms with Gasteiger partial charge >= 0.3 is 0 Å². The second kappa shape index (κ2) is 6.71. The summed E-state index contributed by atoms with van der Waals surface area (Å²) in [4.78, 5) is 0. The average Bonchev–Trinajstić information content (AvgIpc) is 2.47. The lowest BCUT2D eigenvalue weighted by Crippen LogP contribution is -2.06. The highest BCUT2D eigenvalue weighted by Crippen LogP contribution is 2.29. The molecule has 0 aromatic heterocycles. The highest BCUT2D eigenvalue weighted by molar-refractivity contribution is 5.63. The number of anilines is 2. The van der Waals surface area contributed by atoms with Crippen LogP contribution in [0.2, 0.25) is 0 Å². The third kappa shape index (κ3) is 3.93. The first kappa shape index (κ1) is 14.8. The summed E-state index contributed by atoms with van der Waals surface area (Å²) in [6.45, 7) is 0.381. The van der Waals surface area contributed by atoms with Crippen molar-refractivity contribution in [2.45, 2.75) is 6.54 Å². The molecule has 0 unspecified atom stereocenters. The van der Waals surface area contributed by atoms with E-state index in [4.69, 9.17) is 15.6 Å². The molecule has 6 N–H and O–H groups in total. The number of aliphatic hydroxyl groups excluding tert-OH is 1. The third-order valence-corrected chi connectivity index (χ3v) is 2.88. The van der Waals surface area contributed by atoms with Crippen LogP contribution in [0.3, 0.4) is 0 Å². The second-order valence-corrected chi connectivity index (χ2v) is 4.49. The van der Waals surface area contributed by atoms with E-state index in [1.165, 1.54) is 18.2 Å². The Labute approximate surface area is 122 Å². The van der Waals surface area contributed by atoms with Crippen LogP contribution in [0, 0.1) is 0 Å². The normalized spacial score (nSPS) is 10.3. The fourth-order valence-corrected chi connectivity index (χ4v) is 1.87. The van der Waals surface area contributed by atoms with E-state index >= 15 is 0 Å². The Kier molecular flexibility index (Phi) is 4.73. The Balaban J connectivity index is 2.14. The van der Waals surface area contributed by atoms with E-state index in [1.54, 1.807) is 18.2 Å². The minimum absolute atomic E-state index is 0.0777. The summed E-state index contributed by atoms with van der Waals surface area (Å²) in [5, 5.41) is 31.1. The number of nitrogens with one attached hydrogen (secondary N) is 1. The Morgan fingerprint density at radius 2 is 1.90 bits per heavy atom. The molecular weight excluding hydrogens is 272 g/mol. The van der Waals surface area contributed by atoms with E-state index in [-0.39, 0.29) is 24.7 Å². The number of phenols is 2. The van der Waals surface area contributed by atoms with E-state index in [0.29, 0.717) is 29.2 Å². The minimum atomic E-state index is -0.0861. The number of nitrogen functional groups attached to an aromatic ring is 1. The van der Waals surface area contributed by atoms with Crippen LogP contribution in [-0.4, -0.2) is 28.5 Å². The van der Waals surface area contributed by atoms with Crippen molar-refractivity contribution in [1.29, 1.82) is 0 Å². The predicted molar refractivity (Wildman–Crippen MR) is 80.5 cm³/mol. The summed E-state index contributed by atoms with van der Waals surface area (Å²) >= 11 is 0. The molecule has 2 rings (SSSR count). The number of rotatable bonds is 6. The number of nitrogens with two attached hydrogens (primary N) is 1. The van der Waals surface area contributed by atoms with Gasteiger partial charge in [-0.1, -0.05) is 0 Å². The van der Waals surface area contributed by atoms with Crippen molar-refractivity contribution in [3.8, 4) is 17.2 Å². The van der Waals surface area contributed by atoms with Gasteiger partial charge in [0.1, 0.15) is 23.9 Å². The third-order valence-electron chi connectivity index (χ3n) is 2.88. The summed E-state index contributed by atoms with van der Waals surface area (Å²) in [5.74, 6) is 0.717. The quantitative estimate of drug-likeness (QED) is 0.409. The van der Waals surface area contributed by atoms with Crippen molar-refractivity contribution < 1.29 is 20.1 Å². The molecule has 0 saturated heterocycles. The maximum Gasteiger partial charge on any atom is 0.142 e. The molecule has 21 heavy (non-hydrogen) atoms. The van der Waals surface area contributed by atoms with Crippen molar-refractivity contribution in [2.75, 3.05) is 24.3 Å². The second-order valence-electron chi connectivity index (χ2n) is 4.49. The van der Waals surface area contributed by atoms with E-state index in [0.717, 1.165) is 0 Å². The topological polar surface area (TPSA) is 108 Å². The Morgan fingerprint density at radius 1 is 1.10 bits per heavy atom. The van der Waals surface area contributed by atoms with Gasteiger partial charge in [0.2, 0.25) is 0 Å². The van der Waals surface area contributed by atoms with Gasteiger partial charge in [0.15, 0.2) is 0 Å². The minimum Gasteiger partial charge on any atom is -0.508 e. The van der Waals surface area contributed by atoms with E-state index in [2.05, 4.69) is 5.32 Å². The molecule has 2 aromatic rings. The SMILES string of the molecule is Nc1ccc(OCCO)c(NCc2cc(O)ccc2O)c1. The van der Waals surface area contributed by atoms with Crippen LogP contribution < -0.4 is 15.8 Å². The molecule has 2 aromatic carbocycles. The smallest absolute Gasteiger partial charge is 0.142 e. The summed E-state index contributed by atoms with van der Waals surface area (Å²) in [6, 6.07) is 9.42. The summed E-state index contributed by atoms with van der Waals surface area (Å²) < 4.78 is 5.40. The number of ether oxygens (including phenoxy) is 1. The van der Waals surface area contributed by atoms with Crippen LogP contribution in [-0.2, 0) is 6.54 Å². The molecule has 6 nitrogen and oxygen atoms in total. The van der Waals surface area contributed by atoms with Crippen LogP contribution in [0.25, 0.3) is 0 Å². The van der Waals surface area contributed by atoms with Crippen molar-refractivity contribution in [2.24, 2.45) is 0 Å². The van der Waals surface area contributed by atoms with Gasteiger partial charge in [-0.2, -0.15) is 0 Å². The van der Waals surface area contributed by atoms with Crippen LogP contribution in [0.15, 0.2) is 36.4 Å². The van der Waals surface area contributed by atoms with Crippen molar-refractivity contribution in [3.05, 3.63) is 42.0 Å². The summed E-state index contributed by atoms with van der Waals surface area (Å²) in [5.41, 5.74) is 7.50. The highest BCUT2D eigenvalue weighted by Gasteiger charge is 2.07. The predicted octanol–water partition coefficient (Wildman–Crippen LogP) is 1.66. The summed E-state index contributed by atoms with van der Waals surface area (Å²) in [7, 11) is 0. The Morgan fingerprint density at radius 3 is 2.67 bits per heavy atom. The molecule has 0 amide bonds. The maximum atomic E-state index is 9.74.